The molecule has 0 unspecified atom stereocenters. The maximum Gasteiger partial charge on any atom is 0.0623 e. The van der Waals surface area contributed by atoms with Crippen LogP contribution in [0, 0.1) is 0 Å². The molecule has 0 N–H and O–H groups in total. The zero-order valence-corrected chi connectivity index (χ0v) is 31.3. The van der Waals surface area contributed by atoms with Gasteiger partial charge in [0.1, 0.15) is 0 Å². The summed E-state index contributed by atoms with van der Waals surface area (Å²) in [4.78, 5) is 13.0. The van der Waals surface area contributed by atoms with Gasteiger partial charge < -0.3 is 9.80 Å². The Labute approximate surface area is 322 Å². The third-order valence-corrected chi connectivity index (χ3v) is 18.4. The van der Waals surface area contributed by atoms with Crippen LogP contribution in [-0.2, 0) is 9.07 Å². The Hall–Kier alpha value is -5.79. The number of hydrogen-bond donors (Lipinski definition) is 0. The molecule has 6 heteroatoms. The van der Waals surface area contributed by atoms with E-state index in [1.165, 1.54) is 19.6 Å². The van der Waals surface area contributed by atoms with Crippen LogP contribution in [0.25, 0.3) is 22.3 Å². The average molecular weight is 747 g/mol. The fourth-order valence-corrected chi connectivity index (χ4v) is 16.7. The van der Waals surface area contributed by atoms with Crippen molar-refractivity contribution in [2.75, 3.05) is 9.80 Å². The van der Waals surface area contributed by atoms with E-state index in [-0.39, 0.29) is 0 Å². The highest BCUT2D eigenvalue weighted by Gasteiger charge is 2.59. The van der Waals surface area contributed by atoms with Gasteiger partial charge in [0, 0.05) is 54.6 Å². The van der Waals surface area contributed by atoms with Gasteiger partial charge in [-0.1, -0.05) is 127 Å². The standard InChI is InChI=1S/C48H30N2OS3/c51-54(45-26-11-1-14-32(45)34-29-28-31(30-47(34)54)49-36-17-3-7-22-41(36)52-42-23-8-4-18-37(42)49)46-27-12-2-15-33(46)35-16-13-21-40(48(35)54)50-38-19-5-9-24-43(38)53-44-25-10-6-20-39(44)50/h1-30H. The van der Waals surface area contributed by atoms with E-state index in [0.29, 0.717) is 0 Å². The third kappa shape index (κ3) is 3.73. The highest BCUT2D eigenvalue weighted by Crippen LogP contribution is 2.74. The Morgan fingerprint density at radius 2 is 0.759 bits per heavy atom. The molecule has 3 nitrogen and oxygen atoms in total. The maximum absolute atomic E-state index is 18.2. The van der Waals surface area contributed by atoms with Crippen molar-refractivity contribution in [2.45, 2.75) is 39.2 Å². The van der Waals surface area contributed by atoms with E-state index in [0.717, 1.165) is 76.0 Å². The average Bonchev–Trinajstić information content (AvgIpc) is 3.62. The lowest BCUT2D eigenvalue weighted by Gasteiger charge is -2.43. The van der Waals surface area contributed by atoms with Gasteiger partial charge in [-0.3, -0.25) is 4.21 Å². The molecule has 4 heterocycles. The SMILES string of the molecule is O=S12(c3ccccc3-c3ccc(N4c5ccccc5Sc5ccccc54)cc31)c1ccccc1-c1cccc(N3c4ccccc4Sc4ccccc43)c12. The van der Waals surface area contributed by atoms with Gasteiger partial charge in [-0.2, -0.15) is 0 Å². The predicted molar refractivity (Wildman–Crippen MR) is 223 cm³/mol. The van der Waals surface area contributed by atoms with E-state index in [9.17, 15) is 0 Å². The van der Waals surface area contributed by atoms with Crippen molar-refractivity contribution in [3.05, 3.63) is 182 Å². The number of para-hydroxylation sites is 4. The molecule has 0 bridgehead atoms. The predicted octanol–water partition coefficient (Wildman–Crippen LogP) is 13.9. The van der Waals surface area contributed by atoms with Gasteiger partial charge in [0.25, 0.3) is 0 Å². The van der Waals surface area contributed by atoms with Gasteiger partial charge in [0.15, 0.2) is 0 Å². The van der Waals surface area contributed by atoms with Gasteiger partial charge in [-0.05, 0) is 95.6 Å². The fourth-order valence-electron chi connectivity index (χ4n) is 9.21. The summed E-state index contributed by atoms with van der Waals surface area (Å²) in [5.74, 6) is 0. The molecule has 54 heavy (non-hydrogen) atoms. The van der Waals surface area contributed by atoms with Crippen LogP contribution in [0.3, 0.4) is 0 Å². The molecule has 4 aliphatic heterocycles. The van der Waals surface area contributed by atoms with Crippen LogP contribution in [0.4, 0.5) is 34.1 Å². The first-order chi connectivity index (χ1) is 26.6. The lowest BCUT2D eigenvalue weighted by atomic mass is 10.0. The van der Waals surface area contributed by atoms with Crippen molar-refractivity contribution in [3.8, 4) is 22.3 Å². The normalized spacial score (nSPS) is 16.4. The van der Waals surface area contributed by atoms with Crippen molar-refractivity contribution < 1.29 is 4.21 Å². The summed E-state index contributed by atoms with van der Waals surface area (Å²) < 4.78 is 18.2. The molecule has 12 rings (SSSR count). The monoisotopic (exact) mass is 746 g/mol. The number of rotatable bonds is 2. The lowest BCUT2D eigenvalue weighted by Crippen LogP contribution is -2.32. The number of nitrogens with zero attached hydrogens (tertiary/aromatic N) is 2. The molecule has 0 aromatic heterocycles. The Morgan fingerprint density at radius 1 is 0.352 bits per heavy atom. The lowest BCUT2D eigenvalue weighted by molar-refractivity contribution is 0.658. The second-order valence-electron chi connectivity index (χ2n) is 14.0. The zero-order valence-electron chi connectivity index (χ0n) is 28.8. The largest absolute Gasteiger partial charge is 0.308 e. The van der Waals surface area contributed by atoms with Crippen LogP contribution < -0.4 is 9.80 Å². The highest BCUT2D eigenvalue weighted by atomic mass is 32.3. The zero-order chi connectivity index (χ0) is 35.6. The second kappa shape index (κ2) is 10.9. The summed E-state index contributed by atoms with van der Waals surface area (Å²) >= 11 is 3.59. The van der Waals surface area contributed by atoms with Crippen LogP contribution in [0.2, 0.25) is 0 Å². The second-order valence-corrected chi connectivity index (χ2v) is 19.8. The van der Waals surface area contributed by atoms with E-state index in [1.807, 2.05) is 0 Å². The van der Waals surface area contributed by atoms with E-state index < -0.39 is 9.07 Å². The number of anilines is 6. The number of fused-ring (bicyclic) bond motifs is 14. The Morgan fingerprint density at radius 3 is 1.31 bits per heavy atom. The van der Waals surface area contributed by atoms with E-state index >= 15 is 4.21 Å². The third-order valence-electron chi connectivity index (χ3n) is 11.3. The Bertz CT molecular complexity index is 2900. The minimum Gasteiger partial charge on any atom is -0.308 e. The first-order valence-corrected chi connectivity index (χ1v) is 21.7. The highest BCUT2D eigenvalue weighted by molar-refractivity contribution is 8.21. The molecule has 8 aromatic carbocycles. The van der Waals surface area contributed by atoms with Crippen molar-refractivity contribution in [1.82, 2.24) is 0 Å². The minimum atomic E-state index is -4.28. The minimum absolute atomic E-state index is 0.866. The molecule has 0 fully saturated rings. The van der Waals surface area contributed by atoms with Crippen LogP contribution >= 0.6 is 23.5 Å². The van der Waals surface area contributed by atoms with Gasteiger partial charge in [0.05, 0.1) is 33.3 Å². The molecule has 0 atom stereocenters. The van der Waals surface area contributed by atoms with Gasteiger partial charge in [-0.15, -0.1) is 0 Å². The van der Waals surface area contributed by atoms with Crippen LogP contribution in [0.1, 0.15) is 0 Å². The molecule has 8 aromatic rings. The number of benzene rings is 8. The van der Waals surface area contributed by atoms with Crippen molar-refractivity contribution >= 4 is 66.7 Å². The van der Waals surface area contributed by atoms with E-state index in [2.05, 4.69) is 192 Å². The molecule has 0 amide bonds. The fraction of sp³-hybridized carbons (Fsp3) is 0. The maximum atomic E-state index is 18.2. The molecule has 0 radical (unpaired) electrons. The summed E-state index contributed by atoms with van der Waals surface area (Å²) in [7, 11) is -4.28. The summed E-state index contributed by atoms with van der Waals surface area (Å²) in [5.41, 5.74) is 10.4. The van der Waals surface area contributed by atoms with E-state index in [4.69, 9.17) is 0 Å². The van der Waals surface area contributed by atoms with Crippen molar-refractivity contribution in [1.29, 1.82) is 0 Å². The summed E-state index contributed by atoms with van der Waals surface area (Å²) in [6.07, 6.45) is 0. The Balaban J connectivity index is 1.22. The first-order valence-electron chi connectivity index (χ1n) is 18.1. The molecule has 1 spiro atoms. The molecular weight excluding hydrogens is 717 g/mol. The summed E-state index contributed by atoms with van der Waals surface area (Å²) in [6.45, 7) is 0. The van der Waals surface area contributed by atoms with Crippen LogP contribution in [-0.4, -0.2) is 4.21 Å². The molecule has 256 valence electrons. The van der Waals surface area contributed by atoms with E-state index in [1.54, 1.807) is 23.5 Å². The number of hydrogen-bond acceptors (Lipinski definition) is 5. The van der Waals surface area contributed by atoms with Gasteiger partial charge in [0.2, 0.25) is 0 Å². The summed E-state index contributed by atoms with van der Waals surface area (Å²) in [5, 5.41) is 0. The molecule has 0 saturated carbocycles. The van der Waals surface area contributed by atoms with Gasteiger partial charge >= 0.3 is 0 Å². The molecule has 0 aliphatic carbocycles. The molecular formula is C48H30N2OS3. The van der Waals surface area contributed by atoms with Crippen molar-refractivity contribution in [2.24, 2.45) is 0 Å². The summed E-state index contributed by atoms with van der Waals surface area (Å²) in [6, 6.07) is 64.5. The van der Waals surface area contributed by atoms with Gasteiger partial charge in [-0.25, -0.2) is 0 Å². The van der Waals surface area contributed by atoms with Crippen molar-refractivity contribution in [3.63, 3.8) is 0 Å². The smallest absolute Gasteiger partial charge is 0.0623 e. The first kappa shape index (κ1) is 30.6. The quantitative estimate of drug-likeness (QED) is 0.175. The molecule has 4 aliphatic rings. The van der Waals surface area contributed by atoms with Crippen LogP contribution in [0.5, 0.6) is 0 Å². The Kier molecular flexibility index (Phi) is 6.18. The molecule has 0 saturated heterocycles. The topological polar surface area (TPSA) is 23.6 Å². The van der Waals surface area contributed by atoms with Crippen LogP contribution in [0.15, 0.2) is 221 Å².